The second kappa shape index (κ2) is 11.7. The number of aromatic nitrogens is 4. The van der Waals surface area contributed by atoms with Crippen molar-refractivity contribution < 1.29 is 47.7 Å². The molecule has 186 valence electrons. The Morgan fingerprint density at radius 1 is 1.09 bits per heavy atom. The fraction of sp³-hybridized carbons (Fsp3) is 0.579. The van der Waals surface area contributed by atoms with Gasteiger partial charge in [0.1, 0.15) is 19.0 Å². The van der Waals surface area contributed by atoms with Crippen LogP contribution in [0.4, 0.5) is 0 Å². The standard InChI is InChI=1S/C19H25N5O10/c1-9(25)21-16-13(24-8-20-22-23-24)6-14(19(29)30-5)34-18(16)17(33-12(4)28)15(32-11(3)27)7-31-10(2)26/h6,8,13,15-18H,7H2,1-5H3,(H,21,25)/t13-,15+,16+,17+,18+/m0/s1. The van der Waals surface area contributed by atoms with E-state index in [4.69, 9.17) is 23.7 Å². The van der Waals surface area contributed by atoms with Gasteiger partial charge in [0.2, 0.25) is 11.7 Å². The van der Waals surface area contributed by atoms with Gasteiger partial charge in [-0.1, -0.05) is 0 Å². The van der Waals surface area contributed by atoms with Gasteiger partial charge >= 0.3 is 23.9 Å². The van der Waals surface area contributed by atoms with E-state index in [-0.39, 0.29) is 5.76 Å². The number of ether oxygens (including phenoxy) is 5. The Morgan fingerprint density at radius 2 is 1.76 bits per heavy atom. The summed E-state index contributed by atoms with van der Waals surface area (Å²) in [6, 6.07) is -1.97. The number of rotatable bonds is 9. The molecule has 1 aliphatic heterocycles. The Labute approximate surface area is 193 Å². The van der Waals surface area contributed by atoms with E-state index in [1.165, 1.54) is 24.0 Å². The van der Waals surface area contributed by atoms with Crippen LogP contribution in [0.1, 0.15) is 33.7 Å². The van der Waals surface area contributed by atoms with E-state index < -0.39 is 66.8 Å². The van der Waals surface area contributed by atoms with Crippen LogP contribution in [-0.4, -0.2) is 88.1 Å². The van der Waals surface area contributed by atoms with Crippen molar-refractivity contribution in [3.63, 3.8) is 0 Å². The molecule has 15 heteroatoms. The van der Waals surface area contributed by atoms with Crippen LogP contribution >= 0.6 is 0 Å². The molecule has 0 saturated heterocycles. The molecule has 0 fully saturated rings. The Bertz CT molecular complexity index is 947. The zero-order valence-corrected chi connectivity index (χ0v) is 19.1. The number of tetrazole rings is 1. The molecule has 2 rings (SSSR count). The van der Waals surface area contributed by atoms with Gasteiger partial charge in [-0.05, 0) is 16.5 Å². The summed E-state index contributed by atoms with van der Waals surface area (Å²) >= 11 is 0. The molecule has 0 bridgehead atoms. The quantitative estimate of drug-likeness (QED) is 0.319. The van der Waals surface area contributed by atoms with Crippen molar-refractivity contribution in [1.29, 1.82) is 0 Å². The van der Waals surface area contributed by atoms with Gasteiger partial charge in [-0.2, -0.15) is 0 Å². The van der Waals surface area contributed by atoms with Crippen LogP contribution in [0.5, 0.6) is 0 Å². The summed E-state index contributed by atoms with van der Waals surface area (Å²) in [6.07, 6.45) is -1.61. The number of methoxy groups -OCH3 is 1. The first-order valence-corrected chi connectivity index (χ1v) is 9.97. The number of esters is 4. The highest BCUT2D eigenvalue weighted by Gasteiger charge is 2.48. The number of nitrogens with one attached hydrogen (secondary N) is 1. The Morgan fingerprint density at radius 3 is 2.26 bits per heavy atom. The molecular formula is C19H25N5O10. The normalized spacial score (nSPS) is 21.1. The molecule has 0 saturated carbocycles. The Balaban J connectivity index is 2.62. The first-order chi connectivity index (χ1) is 16.0. The monoisotopic (exact) mass is 483 g/mol. The zero-order valence-electron chi connectivity index (χ0n) is 19.1. The number of hydrogen-bond acceptors (Lipinski definition) is 13. The Hall–Kier alpha value is -4.04. The molecule has 1 aromatic heterocycles. The van der Waals surface area contributed by atoms with Crippen molar-refractivity contribution in [2.75, 3.05) is 13.7 Å². The van der Waals surface area contributed by atoms with Gasteiger partial charge in [0, 0.05) is 27.7 Å². The minimum absolute atomic E-state index is 0.305. The molecule has 1 amide bonds. The van der Waals surface area contributed by atoms with Gasteiger partial charge in [0.15, 0.2) is 18.3 Å². The third-order valence-corrected chi connectivity index (χ3v) is 4.49. The molecule has 2 heterocycles. The summed E-state index contributed by atoms with van der Waals surface area (Å²) < 4.78 is 27.4. The third-order valence-electron chi connectivity index (χ3n) is 4.49. The van der Waals surface area contributed by atoms with Gasteiger partial charge < -0.3 is 29.0 Å². The maximum Gasteiger partial charge on any atom is 0.373 e. The molecule has 5 atom stereocenters. The predicted molar refractivity (Wildman–Crippen MR) is 107 cm³/mol. The van der Waals surface area contributed by atoms with Gasteiger partial charge in [-0.15, -0.1) is 5.10 Å². The number of nitrogens with zero attached hydrogens (tertiary/aromatic N) is 4. The van der Waals surface area contributed by atoms with Gasteiger partial charge in [-0.25, -0.2) is 9.48 Å². The summed E-state index contributed by atoms with van der Waals surface area (Å²) in [7, 11) is 1.12. The smallest absolute Gasteiger partial charge is 0.373 e. The van der Waals surface area contributed by atoms with Crippen molar-refractivity contribution in [1.82, 2.24) is 25.5 Å². The molecule has 1 aromatic rings. The van der Waals surface area contributed by atoms with E-state index in [0.717, 1.165) is 27.9 Å². The topological polar surface area (TPSA) is 187 Å². The molecule has 0 radical (unpaired) electrons. The van der Waals surface area contributed by atoms with E-state index in [0.29, 0.717) is 0 Å². The maximum absolute atomic E-state index is 12.3. The van der Waals surface area contributed by atoms with Crippen molar-refractivity contribution in [3.8, 4) is 0 Å². The highest BCUT2D eigenvalue weighted by molar-refractivity contribution is 5.86. The van der Waals surface area contributed by atoms with E-state index in [2.05, 4.69) is 20.8 Å². The van der Waals surface area contributed by atoms with Crippen molar-refractivity contribution in [3.05, 3.63) is 18.2 Å². The van der Waals surface area contributed by atoms with Crippen LogP contribution in [-0.2, 0) is 47.7 Å². The third kappa shape index (κ3) is 6.98. The summed E-state index contributed by atoms with van der Waals surface area (Å²) in [6.45, 7) is 4.05. The molecule has 34 heavy (non-hydrogen) atoms. The summed E-state index contributed by atoms with van der Waals surface area (Å²) in [4.78, 5) is 59.5. The highest BCUT2D eigenvalue weighted by Crippen LogP contribution is 2.31. The van der Waals surface area contributed by atoms with Crippen LogP contribution in [0, 0.1) is 0 Å². The molecule has 0 spiro atoms. The molecular weight excluding hydrogens is 458 g/mol. The number of carbonyl (C=O) groups is 5. The molecule has 0 unspecified atom stereocenters. The Kier molecular flexibility index (Phi) is 9.03. The first-order valence-electron chi connectivity index (χ1n) is 9.97. The van der Waals surface area contributed by atoms with Crippen molar-refractivity contribution >= 4 is 29.8 Å². The van der Waals surface area contributed by atoms with Crippen LogP contribution in [0.25, 0.3) is 0 Å². The highest BCUT2D eigenvalue weighted by atomic mass is 16.6. The van der Waals surface area contributed by atoms with Crippen LogP contribution in [0.2, 0.25) is 0 Å². The molecule has 15 nitrogen and oxygen atoms in total. The fourth-order valence-electron chi connectivity index (χ4n) is 3.30. The lowest BCUT2D eigenvalue weighted by Gasteiger charge is -2.41. The largest absolute Gasteiger partial charge is 0.477 e. The van der Waals surface area contributed by atoms with Crippen LogP contribution in [0.3, 0.4) is 0 Å². The lowest BCUT2D eigenvalue weighted by atomic mass is 9.91. The zero-order chi connectivity index (χ0) is 25.4. The molecule has 0 aromatic carbocycles. The predicted octanol–water partition coefficient (Wildman–Crippen LogP) is -1.40. The lowest BCUT2D eigenvalue weighted by Crippen LogP contribution is -2.60. The number of hydrogen-bond donors (Lipinski definition) is 1. The second-order valence-electron chi connectivity index (χ2n) is 7.14. The summed E-state index contributed by atoms with van der Waals surface area (Å²) in [5.74, 6) is -3.96. The van der Waals surface area contributed by atoms with Crippen molar-refractivity contribution in [2.45, 2.75) is 58.1 Å². The van der Waals surface area contributed by atoms with E-state index in [9.17, 15) is 24.0 Å². The number of carbonyl (C=O) groups excluding carboxylic acids is 5. The maximum atomic E-state index is 12.3. The molecule has 0 aliphatic carbocycles. The average Bonchev–Trinajstić information content (AvgIpc) is 3.28. The van der Waals surface area contributed by atoms with Crippen LogP contribution < -0.4 is 5.32 Å². The minimum atomic E-state index is -1.45. The van der Waals surface area contributed by atoms with Crippen molar-refractivity contribution in [2.24, 2.45) is 0 Å². The summed E-state index contributed by atoms with van der Waals surface area (Å²) in [5.41, 5.74) is 0. The first kappa shape index (κ1) is 26.2. The molecule has 1 aliphatic rings. The van der Waals surface area contributed by atoms with Crippen LogP contribution in [0.15, 0.2) is 18.2 Å². The van der Waals surface area contributed by atoms with E-state index in [1.54, 1.807) is 0 Å². The lowest BCUT2D eigenvalue weighted by molar-refractivity contribution is -0.188. The minimum Gasteiger partial charge on any atom is -0.477 e. The van der Waals surface area contributed by atoms with E-state index in [1.807, 2.05) is 0 Å². The number of amides is 1. The van der Waals surface area contributed by atoms with Gasteiger partial charge in [0.05, 0.1) is 13.2 Å². The average molecular weight is 483 g/mol. The van der Waals surface area contributed by atoms with Gasteiger partial charge in [0.25, 0.3) is 0 Å². The van der Waals surface area contributed by atoms with E-state index >= 15 is 0 Å². The molecule has 1 N–H and O–H groups in total. The SMILES string of the molecule is COC(=O)C1=C[C@H](n2cnnn2)[C@@H](NC(C)=O)[C@H]([C@H](OC(C)=O)[C@@H](COC(C)=O)OC(C)=O)O1. The second-order valence-corrected chi connectivity index (χ2v) is 7.14. The summed E-state index contributed by atoms with van der Waals surface area (Å²) in [5, 5.41) is 13.6. The fourth-order valence-corrected chi connectivity index (χ4v) is 3.30. The van der Waals surface area contributed by atoms with Gasteiger partial charge in [-0.3, -0.25) is 19.2 Å².